The average Bonchev–Trinajstić information content (AvgIpc) is 2.52. The first kappa shape index (κ1) is 16.5. The number of nitrogens with zero attached hydrogens (tertiary/aromatic N) is 1. The number of carbonyl (C=O) groups excluding carboxylic acids is 1. The highest BCUT2D eigenvalue weighted by Crippen LogP contribution is 2.24. The van der Waals surface area contributed by atoms with E-state index in [9.17, 15) is 9.59 Å². The van der Waals surface area contributed by atoms with Gasteiger partial charge in [0, 0.05) is 31.3 Å². The van der Waals surface area contributed by atoms with Crippen LogP contribution in [0.1, 0.15) is 44.9 Å². The Labute approximate surface area is 130 Å². The number of urea groups is 1. The number of hydrogen-bond donors (Lipinski definition) is 2. The van der Waals surface area contributed by atoms with E-state index in [4.69, 9.17) is 5.11 Å². The largest absolute Gasteiger partial charge is 0.481 e. The van der Waals surface area contributed by atoms with Gasteiger partial charge in [-0.2, -0.15) is 11.8 Å². The van der Waals surface area contributed by atoms with Crippen LogP contribution < -0.4 is 5.32 Å². The van der Waals surface area contributed by atoms with Crippen LogP contribution in [-0.2, 0) is 4.79 Å². The van der Waals surface area contributed by atoms with Crippen LogP contribution in [0.3, 0.4) is 0 Å². The van der Waals surface area contributed by atoms with Gasteiger partial charge in [0.25, 0.3) is 0 Å². The minimum Gasteiger partial charge on any atom is -0.481 e. The smallest absolute Gasteiger partial charge is 0.317 e. The van der Waals surface area contributed by atoms with Gasteiger partial charge in [0.05, 0.1) is 0 Å². The molecule has 0 bridgehead atoms. The molecule has 0 aromatic rings. The fourth-order valence-corrected chi connectivity index (χ4v) is 4.33. The summed E-state index contributed by atoms with van der Waals surface area (Å²) in [4.78, 5) is 24.7. The molecule has 2 unspecified atom stereocenters. The van der Waals surface area contributed by atoms with E-state index in [1.54, 1.807) is 0 Å². The molecule has 2 atom stereocenters. The monoisotopic (exact) mass is 314 g/mol. The van der Waals surface area contributed by atoms with Crippen LogP contribution in [0.2, 0.25) is 0 Å². The first-order chi connectivity index (χ1) is 10.1. The number of carboxylic acids is 1. The summed E-state index contributed by atoms with van der Waals surface area (Å²) in [5.74, 6) is 0.803. The molecule has 21 heavy (non-hydrogen) atoms. The zero-order valence-electron chi connectivity index (χ0n) is 12.6. The van der Waals surface area contributed by atoms with Gasteiger partial charge >= 0.3 is 12.0 Å². The summed E-state index contributed by atoms with van der Waals surface area (Å²) in [7, 11) is 0. The van der Waals surface area contributed by atoms with Crippen molar-refractivity contribution in [1.82, 2.24) is 10.2 Å². The van der Waals surface area contributed by atoms with Gasteiger partial charge in [-0.3, -0.25) is 4.79 Å². The predicted octanol–water partition coefficient (Wildman–Crippen LogP) is 2.56. The normalized spacial score (nSPS) is 26.4. The van der Waals surface area contributed by atoms with E-state index in [0.29, 0.717) is 24.1 Å². The molecule has 2 aliphatic rings. The number of carbonyl (C=O) groups is 2. The predicted molar refractivity (Wildman–Crippen MR) is 84.7 cm³/mol. The first-order valence-electron chi connectivity index (χ1n) is 8.01. The van der Waals surface area contributed by atoms with E-state index in [-0.39, 0.29) is 12.5 Å². The second kappa shape index (κ2) is 8.51. The number of aliphatic carboxylic acids is 1. The van der Waals surface area contributed by atoms with Crippen molar-refractivity contribution in [2.75, 3.05) is 25.4 Å². The Bertz CT molecular complexity index is 359. The SMILES string of the molecule is O=C(O)CCC1CCCN(C(=O)NCC2CCCCS2)C1. The molecular weight excluding hydrogens is 288 g/mol. The summed E-state index contributed by atoms with van der Waals surface area (Å²) >= 11 is 1.97. The van der Waals surface area contributed by atoms with Crippen molar-refractivity contribution in [3.63, 3.8) is 0 Å². The molecule has 2 N–H and O–H groups in total. The summed E-state index contributed by atoms with van der Waals surface area (Å²) in [5, 5.41) is 12.4. The number of rotatable bonds is 5. The second-order valence-electron chi connectivity index (χ2n) is 6.06. The third-order valence-electron chi connectivity index (χ3n) is 4.33. The van der Waals surface area contributed by atoms with Gasteiger partial charge in [-0.15, -0.1) is 0 Å². The number of amides is 2. The lowest BCUT2D eigenvalue weighted by Gasteiger charge is -2.33. The molecule has 5 nitrogen and oxygen atoms in total. The number of hydrogen-bond acceptors (Lipinski definition) is 3. The Morgan fingerprint density at radius 2 is 2.10 bits per heavy atom. The number of thioether (sulfide) groups is 1. The molecule has 2 fully saturated rings. The van der Waals surface area contributed by atoms with Gasteiger partial charge in [0.15, 0.2) is 0 Å². The third-order valence-corrected chi connectivity index (χ3v) is 5.73. The molecule has 2 saturated heterocycles. The zero-order valence-corrected chi connectivity index (χ0v) is 13.4. The quantitative estimate of drug-likeness (QED) is 0.818. The third kappa shape index (κ3) is 5.77. The van der Waals surface area contributed by atoms with Crippen LogP contribution in [0.25, 0.3) is 0 Å². The minimum atomic E-state index is -0.745. The first-order valence-corrected chi connectivity index (χ1v) is 9.06. The van der Waals surface area contributed by atoms with Crippen molar-refractivity contribution in [3.05, 3.63) is 0 Å². The number of piperidine rings is 1. The van der Waals surface area contributed by atoms with Crippen LogP contribution in [-0.4, -0.2) is 52.6 Å². The Morgan fingerprint density at radius 1 is 1.24 bits per heavy atom. The van der Waals surface area contributed by atoms with E-state index in [2.05, 4.69) is 5.32 Å². The molecule has 0 radical (unpaired) electrons. The number of nitrogens with one attached hydrogen (secondary N) is 1. The summed E-state index contributed by atoms with van der Waals surface area (Å²) in [5.41, 5.74) is 0. The van der Waals surface area contributed by atoms with Gasteiger partial charge in [-0.05, 0) is 43.8 Å². The Hall–Kier alpha value is -0.910. The molecule has 0 spiro atoms. The lowest BCUT2D eigenvalue weighted by atomic mass is 9.93. The van der Waals surface area contributed by atoms with Crippen LogP contribution in [0.4, 0.5) is 4.79 Å². The highest BCUT2D eigenvalue weighted by molar-refractivity contribution is 7.99. The molecule has 0 saturated carbocycles. The highest BCUT2D eigenvalue weighted by Gasteiger charge is 2.24. The van der Waals surface area contributed by atoms with Gasteiger partial charge < -0.3 is 15.3 Å². The standard InChI is InChI=1S/C15H26N2O3S/c18-14(19)7-6-12-4-3-8-17(11-12)15(20)16-10-13-5-1-2-9-21-13/h12-13H,1-11H2,(H,16,20)(H,18,19). The Balaban J connectivity index is 1.69. The maximum absolute atomic E-state index is 12.2. The highest BCUT2D eigenvalue weighted by atomic mass is 32.2. The summed E-state index contributed by atoms with van der Waals surface area (Å²) in [6, 6.07) is 0.0289. The van der Waals surface area contributed by atoms with Gasteiger partial charge in [-0.25, -0.2) is 4.79 Å². The molecule has 2 heterocycles. The van der Waals surface area contributed by atoms with Crippen molar-refractivity contribution in [2.24, 2.45) is 5.92 Å². The van der Waals surface area contributed by atoms with Crippen molar-refractivity contribution in [3.8, 4) is 0 Å². The molecular formula is C15H26N2O3S. The molecule has 6 heteroatoms. The average molecular weight is 314 g/mol. The van der Waals surface area contributed by atoms with Gasteiger partial charge in [-0.1, -0.05) is 6.42 Å². The second-order valence-corrected chi connectivity index (χ2v) is 7.47. The fourth-order valence-electron chi connectivity index (χ4n) is 3.09. The van der Waals surface area contributed by atoms with Gasteiger partial charge in [0.2, 0.25) is 0 Å². The molecule has 2 amide bonds. The molecule has 2 aliphatic heterocycles. The van der Waals surface area contributed by atoms with E-state index >= 15 is 0 Å². The van der Waals surface area contributed by atoms with E-state index in [1.165, 1.54) is 25.0 Å². The molecule has 0 aromatic carbocycles. The fraction of sp³-hybridized carbons (Fsp3) is 0.867. The number of likely N-dealkylation sites (tertiary alicyclic amines) is 1. The van der Waals surface area contributed by atoms with Crippen LogP contribution in [0.5, 0.6) is 0 Å². The van der Waals surface area contributed by atoms with Crippen molar-refractivity contribution in [2.45, 2.75) is 50.2 Å². The van der Waals surface area contributed by atoms with E-state index in [1.807, 2.05) is 16.7 Å². The number of carboxylic acid groups (broad SMARTS) is 1. The van der Waals surface area contributed by atoms with E-state index in [0.717, 1.165) is 25.9 Å². The minimum absolute atomic E-state index is 0.0289. The van der Waals surface area contributed by atoms with Crippen molar-refractivity contribution < 1.29 is 14.7 Å². The van der Waals surface area contributed by atoms with Crippen LogP contribution in [0, 0.1) is 5.92 Å². The van der Waals surface area contributed by atoms with Crippen LogP contribution >= 0.6 is 11.8 Å². The Kier molecular flexibility index (Phi) is 6.67. The molecule has 0 aliphatic carbocycles. The molecule has 2 rings (SSSR count). The van der Waals surface area contributed by atoms with Crippen LogP contribution in [0.15, 0.2) is 0 Å². The topological polar surface area (TPSA) is 69.6 Å². The summed E-state index contributed by atoms with van der Waals surface area (Å²) in [6.07, 6.45) is 6.68. The van der Waals surface area contributed by atoms with Crippen molar-refractivity contribution >= 4 is 23.8 Å². The maximum atomic E-state index is 12.2. The summed E-state index contributed by atoms with van der Waals surface area (Å²) in [6.45, 7) is 2.27. The zero-order chi connectivity index (χ0) is 15.1. The van der Waals surface area contributed by atoms with Gasteiger partial charge in [0.1, 0.15) is 0 Å². The molecule has 120 valence electrons. The Morgan fingerprint density at radius 3 is 2.81 bits per heavy atom. The lowest BCUT2D eigenvalue weighted by Crippen LogP contribution is -2.47. The summed E-state index contributed by atoms with van der Waals surface area (Å²) < 4.78 is 0. The molecule has 0 aromatic heterocycles. The maximum Gasteiger partial charge on any atom is 0.317 e. The lowest BCUT2D eigenvalue weighted by molar-refractivity contribution is -0.137. The van der Waals surface area contributed by atoms with E-state index < -0.39 is 5.97 Å². The van der Waals surface area contributed by atoms with Crippen molar-refractivity contribution in [1.29, 1.82) is 0 Å².